The second kappa shape index (κ2) is 8.63. The number of aromatic nitrogens is 1. The van der Waals surface area contributed by atoms with E-state index in [0.717, 1.165) is 23.8 Å². The maximum Gasteiger partial charge on any atom is 0.259 e. The van der Waals surface area contributed by atoms with Crippen LogP contribution in [0.2, 0.25) is 0 Å². The smallest absolute Gasteiger partial charge is 0.259 e. The van der Waals surface area contributed by atoms with Crippen molar-refractivity contribution in [1.82, 2.24) is 9.29 Å². The molecule has 3 aliphatic rings. The van der Waals surface area contributed by atoms with E-state index in [0.29, 0.717) is 29.8 Å². The fourth-order valence-corrected chi connectivity index (χ4v) is 5.56. The molecule has 0 radical (unpaired) electrons. The number of rotatable bonds is 5. The first-order valence-corrected chi connectivity index (χ1v) is 12.1. The van der Waals surface area contributed by atoms with Crippen LogP contribution in [0.1, 0.15) is 48.9 Å². The number of alkyl halides is 2. The standard InChI is InChI=1S/C24H28F2N4OS/c25-24(26)10-15-30(16-11-24)32-19-4-1-3-18(17-19)28-22(31)20-5-2-12-27-21(20)29-13-8-23(6-7-23)9-14-29/h1-5,12,17H,6-11,13-16H2,(H,28,31). The van der Waals surface area contributed by atoms with Crippen molar-refractivity contribution in [2.75, 3.05) is 36.4 Å². The molecule has 1 spiro atoms. The van der Waals surface area contributed by atoms with Gasteiger partial charge in [0.1, 0.15) is 5.82 Å². The summed E-state index contributed by atoms with van der Waals surface area (Å²) in [6.45, 7) is 2.59. The molecular weight excluding hydrogens is 430 g/mol. The fraction of sp³-hybridized carbons (Fsp3) is 0.500. The first-order chi connectivity index (χ1) is 15.4. The van der Waals surface area contributed by atoms with Gasteiger partial charge < -0.3 is 10.2 Å². The molecule has 0 bridgehead atoms. The van der Waals surface area contributed by atoms with Crippen molar-refractivity contribution < 1.29 is 13.6 Å². The largest absolute Gasteiger partial charge is 0.356 e. The van der Waals surface area contributed by atoms with E-state index >= 15 is 0 Å². The summed E-state index contributed by atoms with van der Waals surface area (Å²) in [7, 11) is 0. The molecule has 2 saturated heterocycles. The van der Waals surface area contributed by atoms with Crippen molar-refractivity contribution >= 4 is 29.4 Å². The molecule has 8 heteroatoms. The Hall–Kier alpha value is -2.19. The van der Waals surface area contributed by atoms with E-state index in [1.165, 1.54) is 37.6 Å². The highest BCUT2D eigenvalue weighted by Crippen LogP contribution is 2.53. The number of carbonyl (C=O) groups excluding carboxylic acids is 1. The average Bonchev–Trinajstić information content (AvgIpc) is 3.55. The Morgan fingerprint density at radius 2 is 1.72 bits per heavy atom. The summed E-state index contributed by atoms with van der Waals surface area (Å²) in [5, 5.41) is 3.00. The van der Waals surface area contributed by atoms with Gasteiger partial charge in [-0.05, 0) is 73.4 Å². The van der Waals surface area contributed by atoms with Gasteiger partial charge in [0.2, 0.25) is 0 Å². The van der Waals surface area contributed by atoms with E-state index in [1.54, 1.807) is 12.3 Å². The van der Waals surface area contributed by atoms with Gasteiger partial charge in [-0.1, -0.05) is 6.07 Å². The third-order valence-electron chi connectivity index (χ3n) is 6.89. The van der Waals surface area contributed by atoms with Gasteiger partial charge in [0.15, 0.2) is 0 Å². The van der Waals surface area contributed by atoms with E-state index in [9.17, 15) is 13.6 Å². The van der Waals surface area contributed by atoms with Crippen molar-refractivity contribution in [1.29, 1.82) is 0 Å². The molecule has 1 aliphatic carbocycles. The molecule has 1 N–H and O–H groups in total. The number of benzene rings is 1. The molecule has 1 saturated carbocycles. The van der Waals surface area contributed by atoms with Gasteiger partial charge in [0, 0.05) is 55.8 Å². The SMILES string of the molecule is O=C(Nc1cccc(SN2CCC(F)(F)CC2)c1)c1cccnc1N1CCC2(CC1)CC2. The van der Waals surface area contributed by atoms with Crippen LogP contribution in [0, 0.1) is 5.41 Å². The van der Waals surface area contributed by atoms with Crippen LogP contribution in [0.15, 0.2) is 47.5 Å². The number of nitrogens with one attached hydrogen (secondary N) is 1. The summed E-state index contributed by atoms with van der Waals surface area (Å²) < 4.78 is 28.8. The van der Waals surface area contributed by atoms with Crippen LogP contribution in [-0.4, -0.2) is 47.3 Å². The van der Waals surface area contributed by atoms with E-state index in [-0.39, 0.29) is 18.7 Å². The van der Waals surface area contributed by atoms with Gasteiger partial charge in [0.05, 0.1) is 5.56 Å². The van der Waals surface area contributed by atoms with Crippen molar-refractivity contribution in [2.24, 2.45) is 5.41 Å². The molecule has 3 fully saturated rings. The lowest BCUT2D eigenvalue weighted by Gasteiger charge is -2.33. The average molecular weight is 459 g/mol. The lowest BCUT2D eigenvalue weighted by molar-refractivity contribution is -0.0399. The molecule has 1 aromatic heterocycles. The van der Waals surface area contributed by atoms with Crippen LogP contribution >= 0.6 is 11.9 Å². The quantitative estimate of drug-likeness (QED) is 0.604. The first kappa shape index (κ1) is 21.6. The molecule has 0 atom stereocenters. The topological polar surface area (TPSA) is 48.5 Å². The second-order valence-corrected chi connectivity index (χ2v) is 10.4. The molecule has 5 rings (SSSR count). The van der Waals surface area contributed by atoms with Gasteiger partial charge in [0.25, 0.3) is 11.8 Å². The number of amides is 1. The lowest BCUT2D eigenvalue weighted by atomic mass is 9.93. The Morgan fingerprint density at radius 1 is 0.969 bits per heavy atom. The molecule has 2 aromatic rings. The van der Waals surface area contributed by atoms with Gasteiger partial charge in [-0.3, -0.25) is 4.79 Å². The van der Waals surface area contributed by atoms with E-state index in [4.69, 9.17) is 0 Å². The van der Waals surface area contributed by atoms with Crippen molar-refractivity contribution in [2.45, 2.75) is 49.3 Å². The van der Waals surface area contributed by atoms with E-state index in [2.05, 4.69) is 15.2 Å². The predicted molar refractivity (Wildman–Crippen MR) is 123 cm³/mol. The number of hydrogen-bond donors (Lipinski definition) is 1. The van der Waals surface area contributed by atoms with Crippen molar-refractivity contribution in [3.05, 3.63) is 48.2 Å². The van der Waals surface area contributed by atoms with Crippen LogP contribution in [0.25, 0.3) is 0 Å². The Morgan fingerprint density at radius 3 is 2.44 bits per heavy atom. The van der Waals surface area contributed by atoms with Crippen LogP contribution in [0.3, 0.4) is 0 Å². The van der Waals surface area contributed by atoms with E-state index in [1.807, 2.05) is 34.6 Å². The molecule has 170 valence electrons. The summed E-state index contributed by atoms with van der Waals surface area (Å²) in [6.07, 6.45) is 6.54. The molecule has 3 heterocycles. The number of nitrogens with zero attached hydrogens (tertiary/aromatic N) is 3. The minimum atomic E-state index is -2.55. The number of pyridine rings is 1. The highest BCUT2D eigenvalue weighted by Gasteiger charge is 2.44. The molecule has 0 unspecified atom stereocenters. The zero-order valence-corrected chi connectivity index (χ0v) is 18.8. The maximum atomic E-state index is 13.4. The molecule has 1 aromatic carbocycles. The Bertz CT molecular complexity index is 977. The van der Waals surface area contributed by atoms with Crippen molar-refractivity contribution in [3.63, 3.8) is 0 Å². The number of hydrogen-bond acceptors (Lipinski definition) is 5. The zero-order valence-electron chi connectivity index (χ0n) is 18.0. The highest BCUT2D eigenvalue weighted by atomic mass is 32.2. The fourth-order valence-electron chi connectivity index (χ4n) is 4.58. The Balaban J connectivity index is 1.24. The third kappa shape index (κ3) is 4.91. The van der Waals surface area contributed by atoms with E-state index < -0.39 is 5.92 Å². The van der Waals surface area contributed by atoms with Crippen LogP contribution in [0.5, 0.6) is 0 Å². The highest BCUT2D eigenvalue weighted by molar-refractivity contribution is 7.97. The molecular formula is C24H28F2N4OS. The van der Waals surface area contributed by atoms with Gasteiger partial charge in [-0.15, -0.1) is 0 Å². The summed E-state index contributed by atoms with van der Waals surface area (Å²) in [6, 6.07) is 11.2. The normalized spacial score (nSPS) is 22.0. The van der Waals surface area contributed by atoms with Crippen LogP contribution < -0.4 is 10.2 Å². The third-order valence-corrected chi connectivity index (χ3v) is 7.98. The monoisotopic (exact) mass is 458 g/mol. The molecule has 1 amide bonds. The minimum Gasteiger partial charge on any atom is -0.356 e. The summed E-state index contributed by atoms with van der Waals surface area (Å²) in [5.74, 6) is -1.98. The Kier molecular flexibility index (Phi) is 5.84. The van der Waals surface area contributed by atoms with Crippen LogP contribution in [0.4, 0.5) is 20.3 Å². The summed E-state index contributed by atoms with van der Waals surface area (Å²) in [5.41, 5.74) is 1.83. The first-order valence-electron chi connectivity index (χ1n) is 11.3. The minimum absolute atomic E-state index is 0.113. The predicted octanol–water partition coefficient (Wildman–Crippen LogP) is 5.45. The molecule has 5 nitrogen and oxygen atoms in total. The second-order valence-electron chi connectivity index (χ2n) is 9.22. The molecule has 32 heavy (non-hydrogen) atoms. The summed E-state index contributed by atoms with van der Waals surface area (Å²) in [4.78, 5) is 20.8. The van der Waals surface area contributed by atoms with Gasteiger partial charge in [-0.2, -0.15) is 0 Å². The number of carbonyl (C=O) groups is 1. The molecule has 2 aliphatic heterocycles. The number of piperidine rings is 2. The van der Waals surface area contributed by atoms with Gasteiger partial charge >= 0.3 is 0 Å². The number of anilines is 2. The van der Waals surface area contributed by atoms with Crippen LogP contribution in [-0.2, 0) is 0 Å². The lowest BCUT2D eigenvalue weighted by Crippen LogP contribution is -2.36. The maximum absolute atomic E-state index is 13.4. The van der Waals surface area contributed by atoms with Gasteiger partial charge in [-0.25, -0.2) is 18.1 Å². The summed E-state index contributed by atoms with van der Waals surface area (Å²) >= 11 is 1.46. The number of halogens is 2. The van der Waals surface area contributed by atoms with Crippen molar-refractivity contribution in [3.8, 4) is 0 Å². The Labute approximate surface area is 191 Å². The zero-order chi connectivity index (χ0) is 22.2.